The third kappa shape index (κ3) is 23.2. The molecular weight excluding hydrogens is 308 g/mol. The molecule has 0 aromatic heterocycles. The topological polar surface area (TPSA) is 37.3 Å². The van der Waals surface area contributed by atoms with Crippen LogP contribution in [0.1, 0.15) is 129 Å². The smallest absolute Gasteiger partial charge is 0.303 e. The van der Waals surface area contributed by atoms with Crippen LogP contribution >= 0.6 is 0 Å². The lowest BCUT2D eigenvalue weighted by molar-refractivity contribution is -0.137. The van der Waals surface area contributed by atoms with E-state index in [2.05, 4.69) is 19.1 Å². The predicted octanol–water partition coefficient (Wildman–Crippen LogP) is 8.06. The Bertz CT molecular complexity index is 296. The van der Waals surface area contributed by atoms with Crippen LogP contribution in [0.5, 0.6) is 0 Å². The highest BCUT2D eigenvalue weighted by Gasteiger charge is 1.97. The van der Waals surface area contributed by atoms with Gasteiger partial charge in [-0.2, -0.15) is 0 Å². The van der Waals surface area contributed by atoms with Gasteiger partial charge in [-0.05, 0) is 26.2 Å². The lowest BCUT2D eigenvalue weighted by Gasteiger charge is -2.03. The molecule has 0 radical (unpaired) electrons. The maximum atomic E-state index is 10.4. The fraction of sp³-hybridized carbons (Fsp3) is 0.870. The second-order valence-corrected chi connectivity index (χ2v) is 7.51. The standard InChI is InChI=1S/C23H44O2/c1-2-3-4-5-6-7-8-9-10-11-12-13-14-15-16-17-18-19-20-21-22-23(24)25/h2-3H,4-22H2,1H3,(H,24,25). The molecule has 2 nitrogen and oxygen atoms in total. The fourth-order valence-electron chi connectivity index (χ4n) is 3.36. The molecule has 0 aromatic carbocycles. The fourth-order valence-corrected chi connectivity index (χ4v) is 3.36. The van der Waals surface area contributed by atoms with Gasteiger partial charge < -0.3 is 5.11 Å². The first-order chi connectivity index (χ1) is 12.3. The van der Waals surface area contributed by atoms with Crippen LogP contribution < -0.4 is 0 Å². The summed E-state index contributed by atoms with van der Waals surface area (Å²) in [6, 6.07) is 0. The Morgan fingerprint density at radius 3 is 1.24 bits per heavy atom. The quantitative estimate of drug-likeness (QED) is 0.178. The van der Waals surface area contributed by atoms with Gasteiger partial charge in [0.2, 0.25) is 0 Å². The summed E-state index contributed by atoms with van der Waals surface area (Å²) in [5.74, 6) is -0.653. The molecule has 0 saturated carbocycles. The lowest BCUT2D eigenvalue weighted by atomic mass is 10.0. The molecule has 0 aliphatic rings. The number of unbranched alkanes of at least 4 members (excludes halogenated alkanes) is 17. The summed E-state index contributed by atoms with van der Waals surface area (Å²) in [6.45, 7) is 2.10. The van der Waals surface area contributed by atoms with Gasteiger partial charge in [-0.15, -0.1) is 0 Å². The SMILES string of the molecule is CC=CCCCCCCCCCCCCCCCCCCCC(=O)O. The van der Waals surface area contributed by atoms with Gasteiger partial charge in [0.15, 0.2) is 0 Å². The van der Waals surface area contributed by atoms with Crippen molar-refractivity contribution in [1.29, 1.82) is 0 Å². The largest absolute Gasteiger partial charge is 0.481 e. The highest BCUT2D eigenvalue weighted by atomic mass is 16.4. The van der Waals surface area contributed by atoms with Crippen molar-refractivity contribution in [2.75, 3.05) is 0 Å². The first-order valence-corrected chi connectivity index (χ1v) is 11.1. The van der Waals surface area contributed by atoms with Crippen molar-refractivity contribution in [3.05, 3.63) is 12.2 Å². The number of allylic oxidation sites excluding steroid dienone is 2. The Kier molecular flexibility index (Phi) is 20.6. The highest BCUT2D eigenvalue weighted by molar-refractivity contribution is 5.66. The van der Waals surface area contributed by atoms with Crippen LogP contribution in [0.3, 0.4) is 0 Å². The van der Waals surface area contributed by atoms with E-state index in [4.69, 9.17) is 5.11 Å². The third-order valence-electron chi connectivity index (χ3n) is 5.00. The summed E-state index contributed by atoms with van der Waals surface area (Å²) < 4.78 is 0. The van der Waals surface area contributed by atoms with E-state index in [0.717, 1.165) is 12.8 Å². The number of carboxylic acids is 1. The first kappa shape index (κ1) is 24.2. The Hall–Kier alpha value is -0.790. The molecule has 0 heterocycles. The molecule has 1 N–H and O–H groups in total. The number of carboxylic acid groups (broad SMARTS) is 1. The van der Waals surface area contributed by atoms with Crippen LogP contribution in [-0.2, 0) is 4.79 Å². The first-order valence-electron chi connectivity index (χ1n) is 11.1. The summed E-state index contributed by atoms with van der Waals surface area (Å²) in [4.78, 5) is 10.4. The summed E-state index contributed by atoms with van der Waals surface area (Å²) in [7, 11) is 0. The molecule has 0 aliphatic carbocycles. The summed E-state index contributed by atoms with van der Waals surface area (Å²) in [5.41, 5.74) is 0. The average molecular weight is 353 g/mol. The molecule has 0 bridgehead atoms. The molecule has 0 atom stereocenters. The highest BCUT2D eigenvalue weighted by Crippen LogP contribution is 2.14. The van der Waals surface area contributed by atoms with Gasteiger partial charge in [0.1, 0.15) is 0 Å². The Balaban J connectivity index is 2.99. The van der Waals surface area contributed by atoms with Crippen molar-refractivity contribution in [2.24, 2.45) is 0 Å². The van der Waals surface area contributed by atoms with Crippen molar-refractivity contribution in [1.82, 2.24) is 0 Å². The molecule has 0 aromatic rings. The normalized spacial score (nSPS) is 11.4. The van der Waals surface area contributed by atoms with Crippen LogP contribution in [0.4, 0.5) is 0 Å². The Morgan fingerprint density at radius 2 is 0.920 bits per heavy atom. The van der Waals surface area contributed by atoms with Gasteiger partial charge in [-0.3, -0.25) is 4.79 Å². The van der Waals surface area contributed by atoms with E-state index in [9.17, 15) is 4.79 Å². The van der Waals surface area contributed by atoms with Crippen molar-refractivity contribution < 1.29 is 9.90 Å². The molecule has 0 spiro atoms. The lowest BCUT2D eigenvalue weighted by Crippen LogP contribution is -1.93. The number of aliphatic carboxylic acids is 1. The van der Waals surface area contributed by atoms with Crippen molar-refractivity contribution in [2.45, 2.75) is 129 Å². The second kappa shape index (κ2) is 21.3. The number of rotatable bonds is 20. The van der Waals surface area contributed by atoms with Gasteiger partial charge in [0, 0.05) is 6.42 Å². The number of hydrogen-bond donors (Lipinski definition) is 1. The van der Waals surface area contributed by atoms with E-state index in [1.807, 2.05) is 0 Å². The minimum Gasteiger partial charge on any atom is -0.481 e. The monoisotopic (exact) mass is 352 g/mol. The number of hydrogen-bond acceptors (Lipinski definition) is 1. The van der Waals surface area contributed by atoms with Gasteiger partial charge in [-0.1, -0.05) is 108 Å². The molecule has 25 heavy (non-hydrogen) atoms. The Labute approximate surface area is 157 Å². The molecule has 0 amide bonds. The summed E-state index contributed by atoms with van der Waals surface area (Å²) in [5, 5.41) is 8.56. The van der Waals surface area contributed by atoms with Crippen LogP contribution in [0, 0.1) is 0 Å². The second-order valence-electron chi connectivity index (χ2n) is 7.51. The van der Waals surface area contributed by atoms with Crippen LogP contribution in [0.15, 0.2) is 12.2 Å². The van der Waals surface area contributed by atoms with Crippen LogP contribution in [0.2, 0.25) is 0 Å². The molecular formula is C23H44O2. The van der Waals surface area contributed by atoms with Crippen molar-refractivity contribution >= 4 is 5.97 Å². The zero-order valence-corrected chi connectivity index (χ0v) is 16.9. The molecule has 0 unspecified atom stereocenters. The minimum atomic E-state index is -0.653. The van der Waals surface area contributed by atoms with E-state index < -0.39 is 5.97 Å². The van der Waals surface area contributed by atoms with Gasteiger partial charge in [0.05, 0.1) is 0 Å². The predicted molar refractivity (Wildman–Crippen MR) is 110 cm³/mol. The maximum absolute atomic E-state index is 10.4. The van der Waals surface area contributed by atoms with Gasteiger partial charge >= 0.3 is 5.97 Å². The molecule has 148 valence electrons. The third-order valence-corrected chi connectivity index (χ3v) is 5.00. The average Bonchev–Trinajstić information content (AvgIpc) is 2.60. The summed E-state index contributed by atoms with van der Waals surface area (Å²) >= 11 is 0. The molecule has 0 saturated heterocycles. The van der Waals surface area contributed by atoms with E-state index in [0.29, 0.717) is 6.42 Å². The number of carbonyl (C=O) groups is 1. The Morgan fingerprint density at radius 1 is 0.600 bits per heavy atom. The van der Waals surface area contributed by atoms with Gasteiger partial charge in [-0.25, -0.2) is 0 Å². The van der Waals surface area contributed by atoms with Gasteiger partial charge in [0.25, 0.3) is 0 Å². The molecule has 2 heteroatoms. The van der Waals surface area contributed by atoms with Crippen molar-refractivity contribution in [3.63, 3.8) is 0 Å². The van der Waals surface area contributed by atoms with E-state index in [-0.39, 0.29) is 0 Å². The zero-order valence-electron chi connectivity index (χ0n) is 16.9. The molecule has 0 aliphatic heterocycles. The van der Waals surface area contributed by atoms with Crippen LogP contribution in [0.25, 0.3) is 0 Å². The van der Waals surface area contributed by atoms with Crippen LogP contribution in [-0.4, -0.2) is 11.1 Å². The maximum Gasteiger partial charge on any atom is 0.303 e. The molecule has 0 fully saturated rings. The zero-order chi connectivity index (χ0) is 18.4. The van der Waals surface area contributed by atoms with Crippen molar-refractivity contribution in [3.8, 4) is 0 Å². The molecule has 0 rings (SSSR count). The van der Waals surface area contributed by atoms with E-state index >= 15 is 0 Å². The summed E-state index contributed by atoms with van der Waals surface area (Å²) in [6.07, 6.45) is 28.8. The minimum absolute atomic E-state index is 0.344. The van der Waals surface area contributed by atoms with E-state index in [1.54, 1.807) is 0 Å². The van der Waals surface area contributed by atoms with E-state index in [1.165, 1.54) is 103 Å².